The molecule has 0 saturated carbocycles. The Morgan fingerprint density at radius 1 is 1.09 bits per heavy atom. The second-order valence-corrected chi connectivity index (χ2v) is 6.16. The van der Waals surface area contributed by atoms with Crippen molar-refractivity contribution in [3.63, 3.8) is 0 Å². The first kappa shape index (κ1) is 13.7. The van der Waals surface area contributed by atoms with Gasteiger partial charge in [-0.15, -0.1) is 0 Å². The molecule has 0 saturated heterocycles. The minimum absolute atomic E-state index is 0.00940. The van der Waals surface area contributed by atoms with Crippen LogP contribution < -0.4 is 4.74 Å². The number of nitrogens with zero attached hydrogens (tertiary/aromatic N) is 1. The molecule has 0 N–H and O–H groups in total. The van der Waals surface area contributed by atoms with Crippen molar-refractivity contribution in [2.45, 2.75) is 18.9 Å². The van der Waals surface area contributed by atoms with Crippen LogP contribution in [0.15, 0.2) is 30.3 Å². The lowest BCUT2D eigenvalue weighted by Gasteiger charge is -2.33. The molecule has 2 aliphatic heterocycles. The number of halogens is 2. The number of hydrogen-bond acceptors (Lipinski definition) is 2. The van der Waals surface area contributed by atoms with Crippen LogP contribution in [0.2, 0.25) is 0 Å². The maximum absolute atomic E-state index is 13.6. The lowest BCUT2D eigenvalue weighted by atomic mass is 9.82. The molecular weight excluding hydrogens is 284 g/mol. The maximum Gasteiger partial charge on any atom is 0.126 e. The fourth-order valence-electron chi connectivity index (χ4n) is 3.68. The summed E-state index contributed by atoms with van der Waals surface area (Å²) in [5.74, 6) is -0.0911. The monoisotopic (exact) mass is 301 g/mol. The lowest BCUT2D eigenvalue weighted by Crippen LogP contribution is -2.31. The van der Waals surface area contributed by atoms with Gasteiger partial charge in [-0.2, -0.15) is 0 Å². The lowest BCUT2D eigenvalue weighted by molar-refractivity contribution is 0.293. The summed E-state index contributed by atoms with van der Waals surface area (Å²) in [6.07, 6.45) is 0.913. The highest BCUT2D eigenvalue weighted by Gasteiger charge is 2.30. The molecule has 0 aromatic heterocycles. The predicted octanol–water partition coefficient (Wildman–Crippen LogP) is 3.48. The largest absolute Gasteiger partial charge is 0.493 e. The molecule has 1 atom stereocenters. The van der Waals surface area contributed by atoms with Crippen LogP contribution in [0, 0.1) is 11.6 Å². The number of hydrogen-bond donors (Lipinski definition) is 0. The molecule has 4 heteroatoms. The van der Waals surface area contributed by atoms with Gasteiger partial charge >= 0.3 is 0 Å². The number of likely N-dealkylation sites (N-methyl/N-ethyl adjacent to an activating group) is 1. The topological polar surface area (TPSA) is 12.5 Å². The van der Waals surface area contributed by atoms with Crippen LogP contribution in [0.5, 0.6) is 5.75 Å². The zero-order valence-electron chi connectivity index (χ0n) is 12.4. The Bertz CT molecular complexity index is 724. The molecule has 114 valence electrons. The van der Waals surface area contributed by atoms with E-state index in [9.17, 15) is 8.78 Å². The number of benzene rings is 2. The molecule has 2 aromatic carbocycles. The van der Waals surface area contributed by atoms with Gasteiger partial charge in [0.2, 0.25) is 0 Å². The fourth-order valence-corrected chi connectivity index (χ4v) is 3.68. The van der Waals surface area contributed by atoms with Crippen molar-refractivity contribution in [1.29, 1.82) is 0 Å². The minimum atomic E-state index is -0.519. The molecule has 2 aliphatic rings. The molecule has 0 spiro atoms. The van der Waals surface area contributed by atoms with Crippen LogP contribution in [0.3, 0.4) is 0 Å². The van der Waals surface area contributed by atoms with Gasteiger partial charge in [0.1, 0.15) is 17.4 Å². The van der Waals surface area contributed by atoms with Gasteiger partial charge in [-0.3, -0.25) is 0 Å². The van der Waals surface area contributed by atoms with Gasteiger partial charge in [-0.05, 0) is 41.9 Å². The smallest absolute Gasteiger partial charge is 0.126 e. The quantitative estimate of drug-likeness (QED) is 0.799. The molecule has 2 nitrogen and oxygen atoms in total. The summed E-state index contributed by atoms with van der Waals surface area (Å²) in [6, 6.07) is 7.86. The highest BCUT2D eigenvalue weighted by molar-refractivity contribution is 5.51. The number of rotatable bonds is 1. The van der Waals surface area contributed by atoms with Gasteiger partial charge < -0.3 is 9.64 Å². The highest BCUT2D eigenvalue weighted by Crippen LogP contribution is 2.40. The third kappa shape index (κ3) is 2.18. The summed E-state index contributed by atoms with van der Waals surface area (Å²) >= 11 is 0. The second kappa shape index (κ2) is 5.06. The van der Waals surface area contributed by atoms with E-state index in [0.717, 1.165) is 37.9 Å². The Hall–Kier alpha value is -1.94. The summed E-state index contributed by atoms with van der Waals surface area (Å²) < 4.78 is 32.8. The Morgan fingerprint density at radius 2 is 1.86 bits per heavy atom. The van der Waals surface area contributed by atoms with Crippen LogP contribution in [-0.4, -0.2) is 25.1 Å². The van der Waals surface area contributed by atoms with Crippen LogP contribution in [0.25, 0.3) is 0 Å². The summed E-state index contributed by atoms with van der Waals surface area (Å²) in [5, 5.41) is 0. The third-order valence-corrected chi connectivity index (χ3v) is 4.62. The Labute approximate surface area is 128 Å². The average Bonchev–Trinajstić information content (AvgIpc) is 2.94. The van der Waals surface area contributed by atoms with Crippen LogP contribution in [0.1, 0.15) is 28.2 Å². The molecular formula is C18H17F2NO. The van der Waals surface area contributed by atoms with Crippen LogP contribution in [0.4, 0.5) is 8.78 Å². The van der Waals surface area contributed by atoms with Crippen molar-refractivity contribution in [3.8, 4) is 5.75 Å². The second-order valence-electron chi connectivity index (χ2n) is 6.16. The van der Waals surface area contributed by atoms with Crippen LogP contribution >= 0.6 is 0 Å². The number of fused-ring (bicyclic) bond motifs is 3. The standard InChI is InChI=1S/C18H17F2NO/c1-21-9-16(11-6-12(19)8-13(20)7-11)14-2-3-18-15(4-5-22-18)17(14)10-21/h2-3,6-8,16H,4-5,9-10H2,1H3/t16-/m1/s1. The van der Waals surface area contributed by atoms with E-state index in [2.05, 4.69) is 11.0 Å². The molecule has 22 heavy (non-hydrogen) atoms. The van der Waals surface area contributed by atoms with E-state index in [-0.39, 0.29) is 5.92 Å². The van der Waals surface area contributed by atoms with E-state index in [1.807, 2.05) is 13.1 Å². The molecule has 2 aromatic rings. The summed E-state index contributed by atoms with van der Waals surface area (Å²) in [5.41, 5.74) is 4.39. The van der Waals surface area contributed by atoms with Crippen molar-refractivity contribution in [2.24, 2.45) is 0 Å². The molecule has 0 fully saturated rings. The Balaban J connectivity index is 1.86. The molecule has 0 unspecified atom stereocenters. The van der Waals surface area contributed by atoms with Crippen molar-refractivity contribution < 1.29 is 13.5 Å². The summed E-state index contributed by atoms with van der Waals surface area (Å²) in [4.78, 5) is 2.20. The zero-order chi connectivity index (χ0) is 15.3. The van der Waals surface area contributed by atoms with E-state index in [1.54, 1.807) is 0 Å². The SMILES string of the molecule is CN1Cc2c(ccc3c2CCO3)[C@@H](c2cc(F)cc(F)c2)C1. The van der Waals surface area contributed by atoms with Gasteiger partial charge in [0.05, 0.1) is 6.61 Å². The van der Waals surface area contributed by atoms with E-state index in [4.69, 9.17) is 4.74 Å². The van der Waals surface area contributed by atoms with E-state index in [0.29, 0.717) is 5.56 Å². The normalized spacial score (nSPS) is 20.4. The molecule has 0 aliphatic carbocycles. The Kier molecular flexibility index (Phi) is 3.15. The first-order valence-electron chi connectivity index (χ1n) is 7.54. The molecule has 0 bridgehead atoms. The maximum atomic E-state index is 13.6. The fraction of sp³-hybridized carbons (Fsp3) is 0.333. The first-order valence-corrected chi connectivity index (χ1v) is 7.54. The predicted molar refractivity (Wildman–Crippen MR) is 80.2 cm³/mol. The van der Waals surface area contributed by atoms with Crippen LogP contribution in [-0.2, 0) is 13.0 Å². The molecule has 0 radical (unpaired) electrons. The highest BCUT2D eigenvalue weighted by atomic mass is 19.1. The van der Waals surface area contributed by atoms with E-state index in [1.165, 1.54) is 28.8 Å². The molecule has 4 rings (SSSR count). The van der Waals surface area contributed by atoms with Crippen molar-refractivity contribution in [2.75, 3.05) is 20.2 Å². The Morgan fingerprint density at radius 3 is 2.64 bits per heavy atom. The third-order valence-electron chi connectivity index (χ3n) is 4.62. The van der Waals surface area contributed by atoms with E-state index < -0.39 is 11.6 Å². The summed E-state index contributed by atoms with van der Waals surface area (Å²) in [7, 11) is 2.04. The zero-order valence-corrected chi connectivity index (χ0v) is 12.4. The van der Waals surface area contributed by atoms with Gasteiger partial charge in [0.15, 0.2) is 0 Å². The average molecular weight is 301 g/mol. The first-order chi connectivity index (χ1) is 10.6. The van der Waals surface area contributed by atoms with Crippen molar-refractivity contribution >= 4 is 0 Å². The van der Waals surface area contributed by atoms with Gasteiger partial charge in [0.25, 0.3) is 0 Å². The van der Waals surface area contributed by atoms with Gasteiger partial charge in [-0.25, -0.2) is 8.78 Å². The van der Waals surface area contributed by atoms with Crippen molar-refractivity contribution in [1.82, 2.24) is 4.90 Å². The van der Waals surface area contributed by atoms with Gasteiger partial charge in [0, 0.05) is 37.1 Å². The molecule has 2 heterocycles. The van der Waals surface area contributed by atoms with E-state index >= 15 is 0 Å². The van der Waals surface area contributed by atoms with Crippen molar-refractivity contribution in [3.05, 3.63) is 64.2 Å². The van der Waals surface area contributed by atoms with Gasteiger partial charge in [-0.1, -0.05) is 6.07 Å². The molecule has 0 amide bonds. The number of ether oxygens (including phenoxy) is 1. The minimum Gasteiger partial charge on any atom is -0.493 e. The summed E-state index contributed by atoms with van der Waals surface area (Å²) in [6.45, 7) is 2.33.